The largest absolute Gasteiger partial charge is 0.485 e. The first kappa shape index (κ1) is 23.4. The van der Waals surface area contributed by atoms with E-state index in [-0.39, 0.29) is 11.5 Å². The zero-order valence-electron chi connectivity index (χ0n) is 18.9. The fourth-order valence-electron chi connectivity index (χ4n) is 3.35. The summed E-state index contributed by atoms with van der Waals surface area (Å²) in [7, 11) is 0. The Morgan fingerprint density at radius 3 is 1.89 bits per heavy atom. The lowest BCUT2D eigenvalue weighted by molar-refractivity contribution is -0.384. The van der Waals surface area contributed by atoms with Gasteiger partial charge in [-0.1, -0.05) is 72.8 Å². The standard InChI is InChI=1S/C29H23NO5/c31-27(25-13-15-26(16-14-25)30(32)33)17-11-22-12-18-28(34-20-23-7-3-1-4-8-23)29(19-22)35-21-24-9-5-2-6-10-24/h1-19H,20-21H2. The molecule has 0 aliphatic carbocycles. The maximum atomic E-state index is 12.5. The average molecular weight is 466 g/mol. The molecule has 0 fully saturated rings. The highest BCUT2D eigenvalue weighted by Gasteiger charge is 2.10. The Morgan fingerprint density at radius 1 is 0.743 bits per heavy atom. The summed E-state index contributed by atoms with van der Waals surface area (Å²) in [6, 6.07) is 30.7. The molecule has 4 rings (SSSR count). The van der Waals surface area contributed by atoms with E-state index < -0.39 is 4.92 Å². The van der Waals surface area contributed by atoms with Crippen molar-refractivity contribution < 1.29 is 19.2 Å². The number of ether oxygens (including phenoxy) is 2. The second kappa shape index (κ2) is 11.4. The van der Waals surface area contributed by atoms with Crippen LogP contribution in [0.4, 0.5) is 5.69 Å². The third-order valence-electron chi connectivity index (χ3n) is 5.23. The molecular weight excluding hydrogens is 442 g/mol. The molecule has 0 bridgehead atoms. The Labute approximate surface area is 203 Å². The fraction of sp³-hybridized carbons (Fsp3) is 0.0690. The molecule has 6 nitrogen and oxygen atoms in total. The van der Waals surface area contributed by atoms with Crippen molar-refractivity contribution in [3.05, 3.63) is 142 Å². The highest BCUT2D eigenvalue weighted by Crippen LogP contribution is 2.30. The summed E-state index contributed by atoms with van der Waals surface area (Å²) in [4.78, 5) is 22.8. The summed E-state index contributed by atoms with van der Waals surface area (Å²) < 4.78 is 12.1. The normalized spacial score (nSPS) is 10.7. The van der Waals surface area contributed by atoms with Crippen LogP contribution in [0.2, 0.25) is 0 Å². The third kappa shape index (κ3) is 6.65. The lowest BCUT2D eigenvalue weighted by atomic mass is 10.1. The number of benzene rings is 4. The molecule has 35 heavy (non-hydrogen) atoms. The molecule has 0 radical (unpaired) electrons. The van der Waals surface area contributed by atoms with Gasteiger partial charge in [0.05, 0.1) is 4.92 Å². The van der Waals surface area contributed by atoms with Crippen molar-refractivity contribution in [2.75, 3.05) is 0 Å². The van der Waals surface area contributed by atoms with Gasteiger partial charge in [-0.3, -0.25) is 14.9 Å². The molecule has 0 N–H and O–H groups in total. The van der Waals surface area contributed by atoms with E-state index in [0.29, 0.717) is 30.3 Å². The molecule has 4 aromatic rings. The molecule has 0 saturated carbocycles. The zero-order chi connectivity index (χ0) is 24.5. The number of hydrogen-bond donors (Lipinski definition) is 0. The molecule has 0 heterocycles. The van der Waals surface area contributed by atoms with Crippen LogP contribution in [0.15, 0.2) is 109 Å². The van der Waals surface area contributed by atoms with E-state index >= 15 is 0 Å². The molecule has 0 unspecified atom stereocenters. The van der Waals surface area contributed by atoms with E-state index in [4.69, 9.17) is 9.47 Å². The minimum absolute atomic E-state index is 0.0585. The maximum absolute atomic E-state index is 12.5. The van der Waals surface area contributed by atoms with Gasteiger partial charge in [0.25, 0.3) is 5.69 Å². The van der Waals surface area contributed by atoms with Gasteiger partial charge in [0.2, 0.25) is 0 Å². The van der Waals surface area contributed by atoms with Crippen molar-refractivity contribution in [1.82, 2.24) is 0 Å². The number of allylic oxidation sites excluding steroid dienone is 1. The maximum Gasteiger partial charge on any atom is 0.269 e. The fourth-order valence-corrected chi connectivity index (χ4v) is 3.35. The lowest BCUT2D eigenvalue weighted by Crippen LogP contribution is -2.01. The van der Waals surface area contributed by atoms with Crippen molar-refractivity contribution in [2.24, 2.45) is 0 Å². The van der Waals surface area contributed by atoms with E-state index in [9.17, 15) is 14.9 Å². The highest BCUT2D eigenvalue weighted by atomic mass is 16.6. The van der Waals surface area contributed by atoms with E-state index in [1.807, 2.05) is 78.9 Å². The number of hydrogen-bond acceptors (Lipinski definition) is 5. The molecule has 4 aromatic carbocycles. The van der Waals surface area contributed by atoms with Gasteiger partial charge in [0.15, 0.2) is 17.3 Å². The van der Waals surface area contributed by atoms with Crippen LogP contribution >= 0.6 is 0 Å². The van der Waals surface area contributed by atoms with Crippen LogP contribution in [-0.4, -0.2) is 10.7 Å². The van der Waals surface area contributed by atoms with Gasteiger partial charge in [-0.15, -0.1) is 0 Å². The van der Waals surface area contributed by atoms with Gasteiger partial charge in [-0.2, -0.15) is 0 Å². The molecular formula is C29H23NO5. The number of carbonyl (C=O) groups is 1. The van der Waals surface area contributed by atoms with Gasteiger partial charge in [0, 0.05) is 17.7 Å². The Kier molecular flexibility index (Phi) is 7.66. The Hall–Kier alpha value is -4.71. The smallest absolute Gasteiger partial charge is 0.269 e. The lowest BCUT2D eigenvalue weighted by Gasteiger charge is -2.14. The molecule has 6 heteroatoms. The van der Waals surface area contributed by atoms with Crippen molar-refractivity contribution in [1.29, 1.82) is 0 Å². The molecule has 174 valence electrons. The summed E-state index contributed by atoms with van der Waals surface area (Å²) in [5, 5.41) is 10.8. The molecule has 0 saturated heterocycles. The Balaban J connectivity index is 1.51. The first-order valence-electron chi connectivity index (χ1n) is 11.0. The van der Waals surface area contributed by atoms with E-state index in [1.165, 1.54) is 30.3 Å². The van der Waals surface area contributed by atoms with E-state index in [1.54, 1.807) is 6.08 Å². The van der Waals surface area contributed by atoms with Crippen LogP contribution in [0.5, 0.6) is 11.5 Å². The van der Waals surface area contributed by atoms with Crippen LogP contribution in [0.1, 0.15) is 27.0 Å². The molecule has 0 atom stereocenters. The summed E-state index contributed by atoms with van der Waals surface area (Å²) in [5.41, 5.74) is 3.14. The Morgan fingerprint density at radius 2 is 1.31 bits per heavy atom. The molecule has 0 aliphatic rings. The van der Waals surface area contributed by atoms with Gasteiger partial charge < -0.3 is 9.47 Å². The molecule has 0 amide bonds. The van der Waals surface area contributed by atoms with Crippen molar-refractivity contribution in [3.63, 3.8) is 0 Å². The average Bonchev–Trinajstić information content (AvgIpc) is 2.91. The monoisotopic (exact) mass is 465 g/mol. The van der Waals surface area contributed by atoms with E-state index in [2.05, 4.69) is 0 Å². The molecule has 0 aromatic heterocycles. The minimum Gasteiger partial charge on any atom is -0.485 e. The first-order valence-corrected chi connectivity index (χ1v) is 11.0. The highest BCUT2D eigenvalue weighted by molar-refractivity contribution is 6.06. The summed E-state index contributed by atoms with van der Waals surface area (Å²) in [6.45, 7) is 0.772. The summed E-state index contributed by atoms with van der Waals surface area (Å²) in [5.74, 6) is 0.911. The van der Waals surface area contributed by atoms with Crippen molar-refractivity contribution in [3.8, 4) is 11.5 Å². The second-order valence-electron chi connectivity index (χ2n) is 7.76. The summed E-state index contributed by atoms with van der Waals surface area (Å²) in [6.07, 6.45) is 3.11. The van der Waals surface area contributed by atoms with Crippen LogP contribution in [0.3, 0.4) is 0 Å². The van der Waals surface area contributed by atoms with E-state index in [0.717, 1.165) is 16.7 Å². The topological polar surface area (TPSA) is 78.7 Å². The number of non-ortho nitro benzene ring substituents is 1. The van der Waals surface area contributed by atoms with Gasteiger partial charge in [-0.25, -0.2) is 0 Å². The second-order valence-corrected chi connectivity index (χ2v) is 7.76. The zero-order valence-corrected chi connectivity index (χ0v) is 18.9. The quantitative estimate of drug-likeness (QED) is 0.113. The first-order chi connectivity index (χ1) is 17.1. The number of ketones is 1. The van der Waals surface area contributed by atoms with Crippen molar-refractivity contribution >= 4 is 17.5 Å². The number of nitrogens with zero attached hydrogens (tertiary/aromatic N) is 1. The Bertz CT molecular complexity index is 1320. The number of nitro benzene ring substituents is 1. The SMILES string of the molecule is O=C(C=Cc1ccc(OCc2ccccc2)c(OCc2ccccc2)c1)c1ccc([N+](=O)[O-])cc1. The van der Waals surface area contributed by atoms with Crippen LogP contribution in [0.25, 0.3) is 6.08 Å². The van der Waals surface area contributed by atoms with Gasteiger partial charge in [0.1, 0.15) is 13.2 Å². The number of nitro groups is 1. The number of rotatable bonds is 10. The van der Waals surface area contributed by atoms with Gasteiger partial charge in [-0.05, 0) is 47.0 Å². The van der Waals surface area contributed by atoms with Crippen molar-refractivity contribution in [2.45, 2.75) is 13.2 Å². The minimum atomic E-state index is -0.498. The third-order valence-corrected chi connectivity index (χ3v) is 5.23. The van der Waals surface area contributed by atoms with Crippen LogP contribution < -0.4 is 9.47 Å². The molecule has 0 spiro atoms. The van der Waals surface area contributed by atoms with Crippen LogP contribution in [-0.2, 0) is 13.2 Å². The van der Waals surface area contributed by atoms with Crippen LogP contribution in [0, 0.1) is 10.1 Å². The predicted molar refractivity (Wildman–Crippen MR) is 134 cm³/mol. The summed E-state index contributed by atoms with van der Waals surface area (Å²) >= 11 is 0. The predicted octanol–water partition coefficient (Wildman–Crippen LogP) is 6.65. The molecule has 0 aliphatic heterocycles. The number of carbonyl (C=O) groups excluding carboxylic acids is 1. The van der Waals surface area contributed by atoms with Gasteiger partial charge >= 0.3 is 0 Å².